The van der Waals surface area contributed by atoms with Gasteiger partial charge in [-0.15, -0.1) is 0 Å². The summed E-state index contributed by atoms with van der Waals surface area (Å²) in [4.78, 5) is 5.52. The molecular weight excluding hydrogens is 316 g/mol. The fourth-order valence-corrected chi connectivity index (χ4v) is 3.39. The largest absolute Gasteiger partial charge is 0.507 e. The SMILES string of the molecule is CN1CCN(C(=S)c2cc(C(C)(C)C)c(O)c(C(C)(C)C)c2)CC1. The lowest BCUT2D eigenvalue weighted by molar-refractivity contribution is 0.218. The molecular formula is C20H32N2OS. The van der Waals surface area contributed by atoms with E-state index < -0.39 is 0 Å². The second kappa shape index (κ2) is 6.64. The van der Waals surface area contributed by atoms with Gasteiger partial charge in [0, 0.05) is 42.9 Å². The van der Waals surface area contributed by atoms with Gasteiger partial charge in [0.1, 0.15) is 10.7 Å². The Morgan fingerprint density at radius 1 is 0.917 bits per heavy atom. The highest BCUT2D eigenvalue weighted by Crippen LogP contribution is 2.40. The van der Waals surface area contributed by atoms with Crippen LogP contribution in [-0.4, -0.2) is 53.1 Å². The summed E-state index contributed by atoms with van der Waals surface area (Å²) in [5.41, 5.74) is 2.75. The number of thiocarbonyl (C=S) groups is 1. The van der Waals surface area contributed by atoms with E-state index >= 15 is 0 Å². The van der Waals surface area contributed by atoms with E-state index in [0.717, 1.165) is 47.9 Å². The first-order chi connectivity index (χ1) is 10.9. The van der Waals surface area contributed by atoms with Crippen LogP contribution in [0.4, 0.5) is 0 Å². The van der Waals surface area contributed by atoms with Crippen molar-refractivity contribution in [2.45, 2.75) is 52.4 Å². The van der Waals surface area contributed by atoms with Crippen LogP contribution in [0.2, 0.25) is 0 Å². The van der Waals surface area contributed by atoms with Gasteiger partial charge < -0.3 is 14.9 Å². The van der Waals surface area contributed by atoms with Crippen molar-refractivity contribution >= 4 is 17.2 Å². The summed E-state index contributed by atoms with van der Waals surface area (Å²) < 4.78 is 0. The van der Waals surface area contributed by atoms with E-state index in [-0.39, 0.29) is 10.8 Å². The molecule has 1 fully saturated rings. The maximum atomic E-state index is 10.8. The summed E-state index contributed by atoms with van der Waals surface area (Å²) in [6.07, 6.45) is 0. The van der Waals surface area contributed by atoms with E-state index in [0.29, 0.717) is 5.75 Å². The van der Waals surface area contributed by atoms with Gasteiger partial charge in [-0.2, -0.15) is 0 Å². The molecule has 0 aliphatic carbocycles. The molecule has 0 unspecified atom stereocenters. The maximum absolute atomic E-state index is 10.8. The van der Waals surface area contributed by atoms with Gasteiger partial charge in [-0.3, -0.25) is 0 Å². The van der Waals surface area contributed by atoms with Crippen molar-refractivity contribution in [2.24, 2.45) is 0 Å². The summed E-state index contributed by atoms with van der Waals surface area (Å²) in [5.74, 6) is 0.417. The number of hydrogen-bond donors (Lipinski definition) is 1. The zero-order valence-corrected chi connectivity index (χ0v) is 17.0. The molecule has 0 aromatic heterocycles. The fourth-order valence-electron chi connectivity index (χ4n) is 3.09. The number of piperazine rings is 1. The van der Waals surface area contributed by atoms with Gasteiger partial charge in [-0.1, -0.05) is 53.8 Å². The van der Waals surface area contributed by atoms with Crippen LogP contribution in [0.3, 0.4) is 0 Å². The lowest BCUT2D eigenvalue weighted by atomic mass is 9.78. The maximum Gasteiger partial charge on any atom is 0.123 e. The van der Waals surface area contributed by atoms with Crippen LogP contribution in [0.15, 0.2) is 12.1 Å². The summed E-state index contributed by atoms with van der Waals surface area (Å²) in [6.45, 7) is 16.8. The minimum atomic E-state index is -0.127. The minimum Gasteiger partial charge on any atom is -0.507 e. The molecule has 0 saturated carbocycles. The summed E-state index contributed by atoms with van der Waals surface area (Å²) in [5, 5.41) is 10.8. The van der Waals surface area contributed by atoms with Crippen molar-refractivity contribution in [3.8, 4) is 5.75 Å². The number of aromatic hydroxyl groups is 1. The van der Waals surface area contributed by atoms with Gasteiger partial charge in [0.05, 0.1) is 0 Å². The van der Waals surface area contributed by atoms with Crippen LogP contribution in [0, 0.1) is 0 Å². The Labute approximate surface area is 152 Å². The van der Waals surface area contributed by atoms with Crippen LogP contribution in [0.5, 0.6) is 5.75 Å². The number of hydrogen-bond acceptors (Lipinski definition) is 3. The van der Waals surface area contributed by atoms with Crippen molar-refractivity contribution in [2.75, 3.05) is 33.2 Å². The molecule has 0 radical (unpaired) electrons. The molecule has 134 valence electrons. The molecule has 1 N–H and O–H groups in total. The second-order valence-electron chi connectivity index (χ2n) is 9.02. The first-order valence-electron chi connectivity index (χ1n) is 8.77. The van der Waals surface area contributed by atoms with Crippen molar-refractivity contribution < 1.29 is 5.11 Å². The number of likely N-dealkylation sites (N-methyl/N-ethyl adjacent to an activating group) is 1. The Morgan fingerprint density at radius 3 is 1.71 bits per heavy atom. The molecule has 0 amide bonds. The molecule has 24 heavy (non-hydrogen) atoms. The minimum absolute atomic E-state index is 0.127. The number of rotatable bonds is 1. The van der Waals surface area contributed by atoms with Crippen LogP contribution < -0.4 is 0 Å². The average molecular weight is 349 g/mol. The number of phenolic OH excluding ortho intramolecular Hbond substituents is 1. The second-order valence-corrected chi connectivity index (χ2v) is 9.40. The smallest absolute Gasteiger partial charge is 0.123 e. The summed E-state index contributed by atoms with van der Waals surface area (Å²) in [6, 6.07) is 4.18. The third-order valence-electron chi connectivity index (χ3n) is 4.76. The highest BCUT2D eigenvalue weighted by molar-refractivity contribution is 7.80. The average Bonchev–Trinajstić information content (AvgIpc) is 2.45. The van der Waals surface area contributed by atoms with E-state index in [2.05, 4.69) is 70.5 Å². The van der Waals surface area contributed by atoms with E-state index in [1.807, 2.05) is 0 Å². The molecule has 0 atom stereocenters. The van der Waals surface area contributed by atoms with Gasteiger partial charge in [0.25, 0.3) is 0 Å². The molecule has 3 nitrogen and oxygen atoms in total. The highest BCUT2D eigenvalue weighted by atomic mass is 32.1. The molecule has 1 aromatic rings. The normalized spacial score (nSPS) is 17.2. The van der Waals surface area contributed by atoms with E-state index in [1.165, 1.54) is 0 Å². The topological polar surface area (TPSA) is 26.7 Å². The summed E-state index contributed by atoms with van der Waals surface area (Å²) in [7, 11) is 2.15. The quantitative estimate of drug-likeness (QED) is 0.779. The van der Waals surface area contributed by atoms with Crippen LogP contribution in [0.25, 0.3) is 0 Å². The van der Waals surface area contributed by atoms with Crippen molar-refractivity contribution in [3.05, 3.63) is 28.8 Å². The first kappa shape index (κ1) is 19.2. The van der Waals surface area contributed by atoms with Gasteiger partial charge >= 0.3 is 0 Å². The lowest BCUT2D eigenvalue weighted by Crippen LogP contribution is -2.46. The summed E-state index contributed by atoms with van der Waals surface area (Å²) >= 11 is 5.81. The Balaban J connectivity index is 2.48. The first-order valence-corrected chi connectivity index (χ1v) is 9.18. The van der Waals surface area contributed by atoms with Crippen LogP contribution in [-0.2, 0) is 10.8 Å². The molecule has 0 spiro atoms. The third kappa shape index (κ3) is 4.09. The monoisotopic (exact) mass is 348 g/mol. The van der Waals surface area contributed by atoms with E-state index in [9.17, 15) is 5.11 Å². The highest BCUT2D eigenvalue weighted by Gasteiger charge is 2.28. The molecule has 1 saturated heterocycles. The van der Waals surface area contributed by atoms with E-state index in [1.54, 1.807) is 0 Å². The Kier molecular flexibility index (Phi) is 5.31. The molecule has 1 aliphatic rings. The van der Waals surface area contributed by atoms with Gasteiger partial charge in [-0.05, 0) is 30.0 Å². The predicted molar refractivity (Wildman–Crippen MR) is 106 cm³/mol. The Hall–Kier alpha value is -1.13. The molecule has 4 heteroatoms. The van der Waals surface area contributed by atoms with E-state index in [4.69, 9.17) is 12.2 Å². The lowest BCUT2D eigenvalue weighted by Gasteiger charge is -2.35. The number of phenols is 1. The fraction of sp³-hybridized carbons (Fsp3) is 0.650. The zero-order valence-electron chi connectivity index (χ0n) is 16.2. The predicted octanol–water partition coefficient (Wildman–Crippen LogP) is 3.91. The number of nitrogens with zero attached hydrogens (tertiary/aromatic N) is 2. The van der Waals surface area contributed by atoms with Gasteiger partial charge in [0.2, 0.25) is 0 Å². The number of benzene rings is 1. The van der Waals surface area contributed by atoms with Crippen LogP contribution in [0.1, 0.15) is 58.2 Å². The van der Waals surface area contributed by atoms with Gasteiger partial charge in [-0.25, -0.2) is 0 Å². The van der Waals surface area contributed by atoms with Crippen molar-refractivity contribution in [1.29, 1.82) is 0 Å². The molecule has 0 bridgehead atoms. The molecule has 1 aliphatic heterocycles. The van der Waals surface area contributed by atoms with Crippen LogP contribution >= 0.6 is 12.2 Å². The van der Waals surface area contributed by atoms with Gasteiger partial charge in [0.15, 0.2) is 0 Å². The molecule has 2 rings (SSSR count). The Bertz CT molecular complexity index is 583. The third-order valence-corrected chi connectivity index (χ3v) is 5.26. The van der Waals surface area contributed by atoms with Crippen molar-refractivity contribution in [1.82, 2.24) is 9.80 Å². The van der Waals surface area contributed by atoms with Crippen molar-refractivity contribution in [3.63, 3.8) is 0 Å². The molecule has 1 heterocycles. The molecule has 1 aromatic carbocycles. The Morgan fingerprint density at radius 2 is 1.33 bits per heavy atom. The zero-order chi connectivity index (χ0) is 18.3. The standard InChI is InChI=1S/C20H32N2OS/c1-19(2,3)15-12-14(13-16(17(15)23)20(4,5)6)18(24)22-10-8-21(7)9-11-22/h12-13,23H,8-11H2,1-7H3.